The van der Waals surface area contributed by atoms with Crippen LogP contribution in [0, 0.1) is 11.6 Å². The Kier molecular flexibility index (Phi) is 23.4. The van der Waals surface area contributed by atoms with Crippen molar-refractivity contribution in [3.63, 3.8) is 0 Å². The number of amides is 3. The number of nitrogens with zero attached hydrogens (tertiary/aromatic N) is 9. The molecular formula is C68H67Cl2F2I2InN14O6. The van der Waals surface area contributed by atoms with Crippen molar-refractivity contribution in [1.29, 1.82) is 0 Å². The molecule has 2 radical (unpaired) electrons. The standard InChI is InChI=1S/C26H21N5O2.C22H22ClFN6O3.C18H19ClFN3O.CHI2.CH4.In/c32-25(30-17-16-27-19-30)33-18-24-28-20-31(29-24)26(21-10-4-1-5-11-21,22-12-6-2-7-13-22)23-14-8-3-9-15-23;1-30-19(11-2-3-11)18-13(20(30)21(31)27-12-4-6-15(24)14(23)8-12)5-7-16(18)28-22(32)33-9-17-25-10-26-29-17;1-23-16(9-2-3-9)15-11(5-7-14(15)21)17(23)18(24)22-10-4-6-13(20)12(19)8-10;2-1-3;;/h1-17,19-20H,18H2;4,6,8,10-11,16H,2-3,5,7,9H2,1H3,(H,27,31)(H,28,32)(H,25,26,29);4,6,8-9,14H,2-3,5,7,21H2,1H3,(H,22,24);1H;1H4;. The van der Waals surface area contributed by atoms with Gasteiger partial charge in [-0.2, -0.15) is 10.2 Å². The molecule has 3 amide bonds. The third kappa shape index (κ3) is 16.2. The van der Waals surface area contributed by atoms with Crippen molar-refractivity contribution in [2.75, 3.05) is 10.6 Å². The molecule has 2 unspecified atom stereocenters. The van der Waals surface area contributed by atoms with Gasteiger partial charge in [0.15, 0.2) is 24.9 Å². The maximum absolute atomic E-state index is 13.5. The Hall–Kier alpha value is -7.44. The van der Waals surface area contributed by atoms with Crippen molar-refractivity contribution >= 4 is 128 Å². The number of halogens is 6. The molecule has 0 aliphatic heterocycles. The van der Waals surface area contributed by atoms with Crippen LogP contribution >= 0.6 is 68.4 Å². The number of alkyl halides is 2. The number of fused-ring (bicyclic) bond motifs is 2. The van der Waals surface area contributed by atoms with E-state index in [9.17, 15) is 28.0 Å². The van der Waals surface area contributed by atoms with E-state index >= 15 is 0 Å². The van der Waals surface area contributed by atoms with E-state index in [1.54, 1.807) is 6.33 Å². The van der Waals surface area contributed by atoms with Crippen molar-refractivity contribution in [2.24, 2.45) is 19.8 Å². The number of nitrogens with one attached hydrogen (secondary N) is 4. The van der Waals surface area contributed by atoms with E-state index in [1.807, 2.05) is 82.5 Å². The molecule has 2 fully saturated rings. The molecule has 5 aromatic heterocycles. The first-order chi connectivity index (χ1) is 45.4. The first kappa shape index (κ1) is 70.4. The molecule has 6 N–H and O–H groups in total. The number of ether oxygens (including phenoxy) is 2. The number of aromatic amines is 1. The van der Waals surface area contributed by atoms with Crippen molar-refractivity contribution in [3.8, 4) is 0 Å². The fourth-order valence-corrected chi connectivity index (χ4v) is 12.7. The zero-order valence-corrected chi connectivity index (χ0v) is 60.0. The molecule has 4 aliphatic carbocycles. The number of alkyl carbamates (subject to hydrolysis) is 1. The normalized spacial score (nSPS) is 15.1. The summed E-state index contributed by atoms with van der Waals surface area (Å²) in [6.07, 6.45) is 13.8. The van der Waals surface area contributed by atoms with E-state index in [-0.39, 0.29) is 54.6 Å². The van der Waals surface area contributed by atoms with Crippen LogP contribution in [-0.4, -0.2) is 96.7 Å². The molecule has 0 saturated heterocycles. The predicted molar refractivity (Wildman–Crippen MR) is 376 cm³/mol. The van der Waals surface area contributed by atoms with Crippen LogP contribution in [0.3, 0.4) is 0 Å². The Balaban J connectivity index is 0.000000152. The van der Waals surface area contributed by atoms with Crippen LogP contribution in [0.4, 0.5) is 29.7 Å². The van der Waals surface area contributed by atoms with Gasteiger partial charge >= 0.3 is 81.4 Å². The summed E-state index contributed by atoms with van der Waals surface area (Å²) >= 11 is 17.8. The summed E-state index contributed by atoms with van der Waals surface area (Å²) in [5.41, 5.74) is 17.2. The summed E-state index contributed by atoms with van der Waals surface area (Å²) in [6.45, 7) is -0.0674. The maximum atomic E-state index is 13.5. The van der Waals surface area contributed by atoms with Gasteiger partial charge in [-0.05, 0) is 139 Å². The molecule has 0 bridgehead atoms. The van der Waals surface area contributed by atoms with Gasteiger partial charge in [-0.25, -0.2) is 42.6 Å². The monoisotopic (exact) mass is 1650 g/mol. The average Bonchev–Trinajstić information content (AvgIpc) is 1.69. The first-order valence-electron chi connectivity index (χ1n) is 30.2. The number of H-pyrrole nitrogens is 1. The van der Waals surface area contributed by atoms with Gasteiger partial charge in [0.2, 0.25) is 0 Å². The van der Waals surface area contributed by atoms with E-state index in [2.05, 4.69) is 123 Å². The summed E-state index contributed by atoms with van der Waals surface area (Å²) in [6, 6.07) is 38.6. The molecule has 95 heavy (non-hydrogen) atoms. The summed E-state index contributed by atoms with van der Waals surface area (Å²) in [5, 5.41) is 19.7. The zero-order chi connectivity index (χ0) is 66.2. The summed E-state index contributed by atoms with van der Waals surface area (Å²) in [7, 11) is 3.81. The van der Waals surface area contributed by atoms with E-state index in [0.717, 1.165) is 77.3 Å². The molecule has 0 spiro atoms. The van der Waals surface area contributed by atoms with E-state index in [4.69, 9.17) is 43.5 Å². The third-order valence-electron chi connectivity index (χ3n) is 16.6. The van der Waals surface area contributed by atoms with E-state index in [1.165, 1.54) is 102 Å². The second-order valence-corrected chi connectivity index (χ2v) is 38.3. The number of imidazole rings is 1. The molecule has 5 aromatic carbocycles. The topological polar surface area (TPSA) is 249 Å². The SMILES string of the molecule is C.Cn1c(C(=O)Nc2ccc(F)c(Cl)c2)c2c(c1C1CC1)C(N)CC2.Cn1c(C(=O)Nc2ccc(F)c(Cl)c2)c2c(c1C1CC1)C(NC(=O)OCc1ncn[nH]1)CC2.O=C(OCc1ncn(C(c2ccccc2)(c2ccccc2)c2ccccc2)n1)n1ccnc1.[In][CH](I)I. The molecule has 490 valence electrons. The van der Waals surface area contributed by atoms with Gasteiger partial charge in [0.1, 0.15) is 47.5 Å². The summed E-state index contributed by atoms with van der Waals surface area (Å²) in [5.74, 6) is 0.194. The van der Waals surface area contributed by atoms with Gasteiger partial charge in [-0.1, -0.05) is 122 Å². The fraction of sp³-hybridized carbons (Fsp3) is 0.279. The van der Waals surface area contributed by atoms with Crippen LogP contribution in [0.2, 0.25) is 10.0 Å². The molecule has 2 atom stereocenters. The molecule has 5 heterocycles. The second kappa shape index (κ2) is 31.6. The van der Waals surface area contributed by atoms with Gasteiger partial charge in [0.05, 0.1) is 16.1 Å². The number of anilines is 2. The summed E-state index contributed by atoms with van der Waals surface area (Å²) < 4.78 is 45.3. The molecular weight excluding hydrogens is 1590 g/mol. The number of benzene rings is 5. The quantitative estimate of drug-likeness (QED) is 0.0365. The number of hydrogen-bond acceptors (Lipinski definition) is 12. The molecule has 4 aliphatic rings. The number of rotatable bonds is 15. The molecule has 20 nitrogen and oxygen atoms in total. The minimum atomic E-state index is -0.761. The predicted octanol–water partition coefficient (Wildman–Crippen LogP) is 14.3. The second-order valence-electron chi connectivity index (χ2n) is 22.7. The van der Waals surface area contributed by atoms with Crippen LogP contribution in [0.5, 0.6) is 0 Å². The fourth-order valence-electron chi connectivity index (χ4n) is 12.4. The first-order valence-corrected chi connectivity index (χ1v) is 35.3. The number of carbonyl (C=O) groups is 4. The van der Waals surface area contributed by atoms with Crippen molar-refractivity contribution in [3.05, 3.63) is 254 Å². The molecule has 2 saturated carbocycles. The van der Waals surface area contributed by atoms with Crippen molar-refractivity contribution in [1.82, 2.24) is 53.9 Å². The zero-order valence-electron chi connectivity index (χ0n) is 50.9. The number of carbonyl (C=O) groups excluding carboxylic acids is 4. The Bertz CT molecular complexity index is 4210. The Labute approximate surface area is 599 Å². The number of aromatic nitrogens is 10. The van der Waals surface area contributed by atoms with Gasteiger partial charge in [-0.3, -0.25) is 14.7 Å². The molecule has 10 aromatic rings. The minimum absolute atomic E-state index is 0. The van der Waals surface area contributed by atoms with Crippen LogP contribution in [0.1, 0.15) is 153 Å². The molecule has 27 heteroatoms. The third-order valence-corrected chi connectivity index (χ3v) is 17.2. The summed E-state index contributed by atoms with van der Waals surface area (Å²) in [4.78, 5) is 62.9. The van der Waals surface area contributed by atoms with Crippen LogP contribution in [-0.2, 0) is 55.2 Å². The van der Waals surface area contributed by atoms with Crippen molar-refractivity contribution < 1.29 is 37.4 Å². The Morgan fingerprint density at radius 1 is 0.705 bits per heavy atom. The number of nitrogens with two attached hydrogens (primary N) is 1. The van der Waals surface area contributed by atoms with Crippen LogP contribution in [0.15, 0.2) is 159 Å². The van der Waals surface area contributed by atoms with Gasteiger partial charge in [-0.15, -0.1) is 0 Å². The molecule has 14 rings (SSSR count). The Morgan fingerprint density at radius 3 is 1.68 bits per heavy atom. The van der Waals surface area contributed by atoms with E-state index < -0.39 is 29.4 Å². The number of hydrogen-bond donors (Lipinski definition) is 5. The van der Waals surface area contributed by atoms with Gasteiger partial charge < -0.3 is 40.3 Å². The Morgan fingerprint density at radius 2 is 1.21 bits per heavy atom. The van der Waals surface area contributed by atoms with Crippen LogP contribution in [0.25, 0.3) is 0 Å². The van der Waals surface area contributed by atoms with E-state index in [0.29, 0.717) is 59.1 Å². The van der Waals surface area contributed by atoms with Gasteiger partial charge in [0, 0.05) is 55.3 Å². The van der Waals surface area contributed by atoms with Crippen LogP contribution < -0.4 is 21.7 Å². The van der Waals surface area contributed by atoms with Crippen molar-refractivity contribution in [2.45, 2.75) is 101 Å². The van der Waals surface area contributed by atoms with Gasteiger partial charge in [0.25, 0.3) is 11.8 Å². The average molecular weight is 1650 g/mol.